The van der Waals surface area contributed by atoms with Gasteiger partial charge >= 0.3 is 0 Å². The van der Waals surface area contributed by atoms with E-state index in [9.17, 15) is 0 Å². The van der Waals surface area contributed by atoms with E-state index in [0.717, 1.165) is 26.1 Å². The van der Waals surface area contributed by atoms with Gasteiger partial charge in [-0.1, -0.05) is 20.8 Å². The Morgan fingerprint density at radius 2 is 2.22 bits per heavy atom. The molecule has 1 N–H and O–H groups in total. The molecule has 3 heterocycles. The Labute approximate surface area is 142 Å². The number of nitrogens with one attached hydrogen (secondary N) is 1. The summed E-state index contributed by atoms with van der Waals surface area (Å²) in [6, 6.07) is 0. The molecule has 0 aliphatic carbocycles. The molecule has 3 rings (SSSR count). The van der Waals surface area contributed by atoms with E-state index in [1.54, 1.807) is 11.3 Å². The fraction of sp³-hybridized carbons (Fsp3) is 0.647. The smallest absolute Gasteiger partial charge is 0.0981 e. The summed E-state index contributed by atoms with van der Waals surface area (Å²) >= 11 is 1.80. The molecule has 0 spiro atoms. The first kappa shape index (κ1) is 16.6. The molecule has 2 aromatic rings. The van der Waals surface area contributed by atoms with Crippen LogP contribution in [0.2, 0.25) is 0 Å². The van der Waals surface area contributed by atoms with Gasteiger partial charge in [0.25, 0.3) is 0 Å². The second-order valence-electron chi connectivity index (χ2n) is 7.30. The van der Waals surface area contributed by atoms with Crippen molar-refractivity contribution in [1.29, 1.82) is 0 Å². The fourth-order valence-electron chi connectivity index (χ4n) is 2.92. The minimum absolute atomic E-state index is 0.133. The molecule has 0 aromatic carbocycles. The molecule has 126 valence electrons. The van der Waals surface area contributed by atoms with Crippen LogP contribution in [0.3, 0.4) is 0 Å². The molecule has 2 atom stereocenters. The van der Waals surface area contributed by atoms with E-state index >= 15 is 0 Å². The lowest BCUT2D eigenvalue weighted by Crippen LogP contribution is -2.24. The van der Waals surface area contributed by atoms with Gasteiger partial charge in [0.2, 0.25) is 0 Å². The van der Waals surface area contributed by atoms with E-state index in [-0.39, 0.29) is 11.5 Å². The van der Waals surface area contributed by atoms with Gasteiger partial charge in [0.15, 0.2) is 0 Å². The molecule has 1 aliphatic rings. The van der Waals surface area contributed by atoms with E-state index in [1.165, 1.54) is 15.4 Å². The van der Waals surface area contributed by atoms with Crippen LogP contribution in [0, 0.1) is 5.92 Å². The van der Waals surface area contributed by atoms with Crippen molar-refractivity contribution in [2.75, 3.05) is 13.2 Å². The van der Waals surface area contributed by atoms with Crippen LogP contribution in [-0.4, -0.2) is 27.9 Å². The van der Waals surface area contributed by atoms with Crippen molar-refractivity contribution in [1.82, 2.24) is 20.1 Å². The Balaban J connectivity index is 1.53. The Morgan fingerprint density at radius 1 is 1.39 bits per heavy atom. The number of hydrogen-bond donors (Lipinski definition) is 1. The quantitative estimate of drug-likeness (QED) is 0.913. The van der Waals surface area contributed by atoms with E-state index in [0.29, 0.717) is 5.92 Å². The van der Waals surface area contributed by atoms with Gasteiger partial charge in [0.05, 0.1) is 17.3 Å². The van der Waals surface area contributed by atoms with E-state index < -0.39 is 0 Å². The maximum absolute atomic E-state index is 5.91. The van der Waals surface area contributed by atoms with Crippen molar-refractivity contribution in [2.45, 2.75) is 45.3 Å². The Bertz CT molecular complexity index is 643. The second kappa shape index (κ2) is 6.71. The standard InChI is InChI=1S/C17H26N4OS/c1-17(2,3)16-19-10-14(23-16)9-18-7-12-5-6-22-15(12)13-8-20-21(4)11-13/h8,10-12,15,18H,5-7,9H2,1-4H3/t12-,15+/m0/s1. The first-order valence-corrected chi connectivity index (χ1v) is 9.01. The lowest BCUT2D eigenvalue weighted by Gasteiger charge is -2.17. The first-order chi connectivity index (χ1) is 10.9. The molecule has 6 heteroatoms. The molecule has 0 saturated carbocycles. The predicted octanol–water partition coefficient (Wildman–Crippen LogP) is 3.04. The van der Waals surface area contributed by atoms with E-state index in [4.69, 9.17) is 4.74 Å². The summed E-state index contributed by atoms with van der Waals surface area (Å²) in [6.45, 7) is 9.29. The van der Waals surface area contributed by atoms with Gasteiger partial charge in [-0.05, 0) is 6.42 Å². The maximum Gasteiger partial charge on any atom is 0.0981 e. The summed E-state index contributed by atoms with van der Waals surface area (Å²) < 4.78 is 7.75. The third-order valence-electron chi connectivity index (χ3n) is 4.17. The Kier molecular flexibility index (Phi) is 4.85. The van der Waals surface area contributed by atoms with Crippen molar-refractivity contribution >= 4 is 11.3 Å². The third-order valence-corrected chi connectivity index (χ3v) is 5.59. The first-order valence-electron chi connectivity index (χ1n) is 8.19. The van der Waals surface area contributed by atoms with Crippen molar-refractivity contribution in [2.24, 2.45) is 13.0 Å². The minimum atomic E-state index is 0.133. The van der Waals surface area contributed by atoms with Crippen molar-refractivity contribution in [3.8, 4) is 0 Å². The molecule has 5 nitrogen and oxygen atoms in total. The van der Waals surface area contributed by atoms with Crippen LogP contribution < -0.4 is 5.32 Å². The zero-order chi connectivity index (χ0) is 16.4. The average Bonchev–Trinajstić information content (AvgIpc) is 3.17. The van der Waals surface area contributed by atoms with Gasteiger partial charge in [-0.2, -0.15) is 5.10 Å². The van der Waals surface area contributed by atoms with Crippen LogP contribution in [-0.2, 0) is 23.7 Å². The number of hydrogen-bond acceptors (Lipinski definition) is 5. The summed E-state index contributed by atoms with van der Waals surface area (Å²) in [7, 11) is 1.95. The highest BCUT2D eigenvalue weighted by Crippen LogP contribution is 2.34. The molecule has 2 aromatic heterocycles. The molecule has 0 unspecified atom stereocenters. The number of ether oxygens (including phenoxy) is 1. The summed E-state index contributed by atoms with van der Waals surface area (Å²) in [5, 5.41) is 9.04. The number of aryl methyl sites for hydroxylation is 1. The molecule has 0 amide bonds. The molecule has 0 radical (unpaired) electrons. The van der Waals surface area contributed by atoms with Crippen LogP contribution in [0.25, 0.3) is 0 Å². The predicted molar refractivity (Wildman–Crippen MR) is 92.5 cm³/mol. The van der Waals surface area contributed by atoms with E-state index in [2.05, 4.69) is 42.4 Å². The monoisotopic (exact) mass is 334 g/mol. The second-order valence-corrected chi connectivity index (χ2v) is 8.42. The number of rotatable bonds is 5. The highest BCUT2D eigenvalue weighted by molar-refractivity contribution is 7.11. The van der Waals surface area contributed by atoms with Crippen LogP contribution in [0.4, 0.5) is 0 Å². The highest BCUT2D eigenvalue weighted by Gasteiger charge is 2.30. The zero-order valence-corrected chi connectivity index (χ0v) is 15.2. The number of aromatic nitrogens is 3. The molecule has 1 fully saturated rings. The van der Waals surface area contributed by atoms with Crippen LogP contribution in [0.5, 0.6) is 0 Å². The molecule has 23 heavy (non-hydrogen) atoms. The van der Waals surface area contributed by atoms with Crippen molar-refractivity contribution < 1.29 is 4.74 Å². The van der Waals surface area contributed by atoms with Crippen LogP contribution in [0.1, 0.15) is 48.7 Å². The van der Waals surface area contributed by atoms with Gasteiger partial charge in [-0.15, -0.1) is 11.3 Å². The van der Waals surface area contributed by atoms with Gasteiger partial charge < -0.3 is 10.1 Å². The zero-order valence-electron chi connectivity index (χ0n) is 14.4. The minimum Gasteiger partial charge on any atom is -0.373 e. The molecule has 0 bridgehead atoms. The van der Waals surface area contributed by atoms with Crippen molar-refractivity contribution in [3.05, 3.63) is 34.0 Å². The molecule has 1 aliphatic heterocycles. The summed E-state index contributed by atoms with van der Waals surface area (Å²) in [4.78, 5) is 5.84. The van der Waals surface area contributed by atoms with Crippen LogP contribution in [0.15, 0.2) is 18.6 Å². The van der Waals surface area contributed by atoms with Crippen molar-refractivity contribution in [3.63, 3.8) is 0 Å². The van der Waals surface area contributed by atoms with Gasteiger partial charge in [0, 0.05) is 60.9 Å². The van der Waals surface area contributed by atoms with Gasteiger partial charge in [-0.25, -0.2) is 4.98 Å². The lowest BCUT2D eigenvalue weighted by atomic mass is 9.97. The normalized spacial score (nSPS) is 21.9. The molecular weight excluding hydrogens is 308 g/mol. The largest absolute Gasteiger partial charge is 0.373 e. The molecular formula is C17H26N4OS. The summed E-state index contributed by atoms with van der Waals surface area (Å²) in [5.41, 5.74) is 1.32. The Morgan fingerprint density at radius 3 is 2.87 bits per heavy atom. The average molecular weight is 334 g/mol. The van der Waals surface area contributed by atoms with Gasteiger partial charge in [0.1, 0.15) is 0 Å². The maximum atomic E-state index is 5.91. The number of nitrogens with zero attached hydrogens (tertiary/aromatic N) is 3. The highest BCUT2D eigenvalue weighted by atomic mass is 32.1. The van der Waals surface area contributed by atoms with Gasteiger partial charge in [-0.3, -0.25) is 4.68 Å². The topological polar surface area (TPSA) is 52.0 Å². The molecule has 1 saturated heterocycles. The number of thiazole rings is 1. The van der Waals surface area contributed by atoms with Crippen LogP contribution >= 0.6 is 11.3 Å². The summed E-state index contributed by atoms with van der Waals surface area (Å²) in [6.07, 6.45) is 7.25. The third kappa shape index (κ3) is 4.00. The SMILES string of the molecule is Cn1cc([C@@H]2OCC[C@H]2CNCc2cnc(C(C)(C)C)s2)cn1. The van der Waals surface area contributed by atoms with E-state index in [1.807, 2.05) is 24.1 Å². The fourth-order valence-corrected chi connectivity index (χ4v) is 3.85. The summed E-state index contributed by atoms with van der Waals surface area (Å²) in [5.74, 6) is 0.509. The Hall–Kier alpha value is -1.24. The lowest BCUT2D eigenvalue weighted by molar-refractivity contribution is 0.0904.